The van der Waals surface area contributed by atoms with Crippen LogP contribution < -0.4 is 0 Å². The molecule has 0 aromatic heterocycles. The molecule has 4 nitrogen and oxygen atoms in total. The fourth-order valence-electron chi connectivity index (χ4n) is 4.69. The summed E-state index contributed by atoms with van der Waals surface area (Å²) in [6.07, 6.45) is 7.24. The van der Waals surface area contributed by atoms with Gasteiger partial charge in [-0.2, -0.15) is 0 Å². The standard InChI is InChI=1S/C21H28N2O2/c24-15-21(25)23-13-18-7-8-19(20(18)14-23)17-5-3-16(4-6-17)9-12-22-10-1-2-11-22/h3-6,8,18,20,24H,1-2,7,9-15H2/t18-,20+/m1/s1. The van der Waals surface area contributed by atoms with Crippen LogP contribution in [0.25, 0.3) is 5.57 Å². The number of fused-ring (bicyclic) bond motifs is 1. The topological polar surface area (TPSA) is 43.8 Å². The smallest absolute Gasteiger partial charge is 0.248 e. The highest BCUT2D eigenvalue weighted by Crippen LogP contribution is 2.42. The molecule has 0 saturated carbocycles. The Labute approximate surface area is 150 Å². The summed E-state index contributed by atoms with van der Waals surface area (Å²) in [6, 6.07) is 9.05. The molecule has 1 N–H and O–H groups in total. The molecule has 4 heteroatoms. The van der Waals surface area contributed by atoms with Crippen molar-refractivity contribution in [3.63, 3.8) is 0 Å². The Hall–Kier alpha value is -1.65. The van der Waals surface area contributed by atoms with Gasteiger partial charge in [-0.05, 0) is 61.4 Å². The summed E-state index contributed by atoms with van der Waals surface area (Å²) in [5.41, 5.74) is 4.11. The second kappa shape index (κ2) is 7.30. The van der Waals surface area contributed by atoms with Gasteiger partial charge in [-0.15, -0.1) is 0 Å². The molecule has 1 amide bonds. The van der Waals surface area contributed by atoms with E-state index in [1.54, 1.807) is 0 Å². The monoisotopic (exact) mass is 340 g/mol. The van der Waals surface area contributed by atoms with E-state index in [-0.39, 0.29) is 12.5 Å². The Balaban J connectivity index is 1.38. The number of allylic oxidation sites excluding steroid dienone is 1. The summed E-state index contributed by atoms with van der Waals surface area (Å²) in [5, 5.41) is 9.09. The molecule has 0 bridgehead atoms. The van der Waals surface area contributed by atoms with Gasteiger partial charge < -0.3 is 14.9 Å². The average Bonchev–Trinajstić information content (AvgIpc) is 3.36. The van der Waals surface area contributed by atoms with Gasteiger partial charge in [0, 0.05) is 25.6 Å². The SMILES string of the molecule is O=C(CO)N1C[C@H]2CC=C(c3ccc(CCN4CCCC4)cc3)[C@H]2C1. The summed E-state index contributed by atoms with van der Waals surface area (Å²) in [4.78, 5) is 16.2. The van der Waals surface area contributed by atoms with E-state index in [9.17, 15) is 4.79 Å². The number of benzene rings is 1. The molecule has 134 valence electrons. The fraction of sp³-hybridized carbons (Fsp3) is 0.571. The van der Waals surface area contributed by atoms with Crippen molar-refractivity contribution in [2.75, 3.05) is 39.3 Å². The normalized spacial score (nSPS) is 26.1. The van der Waals surface area contributed by atoms with Gasteiger partial charge in [-0.25, -0.2) is 0 Å². The number of nitrogens with zero attached hydrogens (tertiary/aromatic N) is 2. The van der Waals surface area contributed by atoms with Crippen molar-refractivity contribution < 1.29 is 9.90 Å². The summed E-state index contributed by atoms with van der Waals surface area (Å²) in [7, 11) is 0. The summed E-state index contributed by atoms with van der Waals surface area (Å²) in [6.45, 7) is 4.87. The van der Waals surface area contributed by atoms with Crippen molar-refractivity contribution in [2.45, 2.75) is 25.7 Å². The third-order valence-electron chi connectivity index (χ3n) is 6.17. The molecular weight excluding hydrogens is 312 g/mol. The van der Waals surface area contributed by atoms with E-state index in [0.717, 1.165) is 25.9 Å². The van der Waals surface area contributed by atoms with E-state index in [0.29, 0.717) is 11.8 Å². The zero-order valence-corrected chi connectivity index (χ0v) is 14.9. The van der Waals surface area contributed by atoms with Gasteiger partial charge in [0.25, 0.3) is 0 Å². The van der Waals surface area contributed by atoms with Crippen LogP contribution in [-0.4, -0.2) is 60.1 Å². The van der Waals surface area contributed by atoms with Crippen LogP contribution in [0.3, 0.4) is 0 Å². The lowest BCUT2D eigenvalue weighted by Gasteiger charge is -2.17. The molecule has 2 heterocycles. The lowest BCUT2D eigenvalue weighted by molar-refractivity contribution is -0.133. The molecule has 25 heavy (non-hydrogen) atoms. The maximum absolute atomic E-state index is 11.8. The first-order valence-corrected chi connectivity index (χ1v) is 9.65. The summed E-state index contributed by atoms with van der Waals surface area (Å²) in [5.74, 6) is 0.831. The number of rotatable bonds is 5. The van der Waals surface area contributed by atoms with Gasteiger partial charge in [0.15, 0.2) is 0 Å². The van der Waals surface area contributed by atoms with Gasteiger partial charge in [0.05, 0.1) is 0 Å². The van der Waals surface area contributed by atoms with Crippen molar-refractivity contribution in [3.05, 3.63) is 41.5 Å². The summed E-state index contributed by atoms with van der Waals surface area (Å²) < 4.78 is 0. The van der Waals surface area contributed by atoms with E-state index >= 15 is 0 Å². The highest BCUT2D eigenvalue weighted by atomic mass is 16.3. The first kappa shape index (κ1) is 16.8. The van der Waals surface area contributed by atoms with E-state index in [1.807, 2.05) is 4.90 Å². The second-order valence-corrected chi connectivity index (χ2v) is 7.71. The summed E-state index contributed by atoms with van der Waals surface area (Å²) >= 11 is 0. The average molecular weight is 340 g/mol. The molecule has 1 aliphatic carbocycles. The molecule has 4 rings (SSSR count). The lowest BCUT2D eigenvalue weighted by atomic mass is 9.90. The van der Waals surface area contributed by atoms with Gasteiger partial charge in [-0.1, -0.05) is 30.3 Å². The number of carbonyl (C=O) groups is 1. The predicted molar refractivity (Wildman–Crippen MR) is 99.1 cm³/mol. The lowest BCUT2D eigenvalue weighted by Crippen LogP contribution is -2.31. The first-order chi connectivity index (χ1) is 12.2. The van der Waals surface area contributed by atoms with Crippen molar-refractivity contribution in [1.29, 1.82) is 0 Å². The zero-order valence-electron chi connectivity index (χ0n) is 14.9. The van der Waals surface area contributed by atoms with E-state index in [4.69, 9.17) is 5.11 Å². The minimum Gasteiger partial charge on any atom is -0.387 e. The Morgan fingerprint density at radius 3 is 2.60 bits per heavy atom. The molecule has 3 aliphatic rings. The predicted octanol–water partition coefficient (Wildman–Crippen LogP) is 2.18. The van der Waals surface area contributed by atoms with Crippen LogP contribution in [0.1, 0.15) is 30.4 Å². The number of aliphatic hydroxyl groups is 1. The first-order valence-electron chi connectivity index (χ1n) is 9.65. The highest BCUT2D eigenvalue weighted by molar-refractivity contribution is 5.79. The van der Waals surface area contributed by atoms with Gasteiger partial charge in [-0.3, -0.25) is 4.79 Å². The van der Waals surface area contributed by atoms with Gasteiger partial charge >= 0.3 is 0 Å². The number of likely N-dealkylation sites (tertiary alicyclic amines) is 2. The molecule has 1 aromatic carbocycles. The second-order valence-electron chi connectivity index (χ2n) is 7.71. The van der Waals surface area contributed by atoms with E-state index in [1.165, 1.54) is 49.2 Å². The van der Waals surface area contributed by atoms with Crippen molar-refractivity contribution >= 4 is 11.5 Å². The van der Waals surface area contributed by atoms with E-state index < -0.39 is 0 Å². The minimum absolute atomic E-state index is 0.133. The number of carbonyl (C=O) groups excluding carboxylic acids is 1. The third-order valence-corrected chi connectivity index (χ3v) is 6.17. The number of aliphatic hydroxyl groups excluding tert-OH is 1. The highest BCUT2D eigenvalue weighted by Gasteiger charge is 2.39. The Bertz CT molecular complexity index is 646. The van der Waals surface area contributed by atoms with Crippen molar-refractivity contribution in [3.8, 4) is 0 Å². The third kappa shape index (κ3) is 3.51. The Morgan fingerprint density at radius 2 is 1.88 bits per heavy atom. The molecule has 0 spiro atoms. The Kier molecular flexibility index (Phi) is 4.91. The van der Waals surface area contributed by atoms with Crippen LogP contribution in [-0.2, 0) is 11.2 Å². The minimum atomic E-state index is -0.371. The van der Waals surface area contributed by atoms with Gasteiger partial charge in [0.2, 0.25) is 5.91 Å². The maximum Gasteiger partial charge on any atom is 0.248 e. The fourth-order valence-corrected chi connectivity index (χ4v) is 4.69. The van der Waals surface area contributed by atoms with Crippen LogP contribution in [0.5, 0.6) is 0 Å². The quantitative estimate of drug-likeness (QED) is 0.893. The molecule has 2 saturated heterocycles. The van der Waals surface area contributed by atoms with Crippen molar-refractivity contribution in [1.82, 2.24) is 9.80 Å². The van der Waals surface area contributed by atoms with Crippen LogP contribution in [0, 0.1) is 11.8 Å². The van der Waals surface area contributed by atoms with Crippen molar-refractivity contribution in [2.24, 2.45) is 11.8 Å². The van der Waals surface area contributed by atoms with Crippen LogP contribution >= 0.6 is 0 Å². The number of hydrogen-bond donors (Lipinski definition) is 1. The number of hydrogen-bond acceptors (Lipinski definition) is 3. The molecule has 0 unspecified atom stereocenters. The molecule has 0 radical (unpaired) electrons. The molecule has 2 aliphatic heterocycles. The number of amides is 1. The largest absolute Gasteiger partial charge is 0.387 e. The van der Waals surface area contributed by atoms with E-state index in [2.05, 4.69) is 35.2 Å². The molecule has 2 atom stereocenters. The van der Waals surface area contributed by atoms with Crippen LogP contribution in [0.4, 0.5) is 0 Å². The molecular formula is C21H28N2O2. The Morgan fingerprint density at radius 1 is 1.12 bits per heavy atom. The zero-order chi connectivity index (χ0) is 17.2. The van der Waals surface area contributed by atoms with Crippen LogP contribution in [0.2, 0.25) is 0 Å². The maximum atomic E-state index is 11.8. The van der Waals surface area contributed by atoms with Crippen LogP contribution in [0.15, 0.2) is 30.3 Å². The van der Waals surface area contributed by atoms with Gasteiger partial charge in [0.1, 0.15) is 6.61 Å². The molecule has 1 aromatic rings. The molecule has 2 fully saturated rings.